The number of rotatable bonds is 5. The number of benzene rings is 1. The Hall–Kier alpha value is -1.43. The second kappa shape index (κ2) is 6.35. The molecule has 3 N–H and O–H groups in total. The maximum absolute atomic E-state index is 11.2. The molecular weight excluding hydrogens is 254 g/mol. The molecule has 2 atom stereocenters. The molecule has 110 valence electrons. The van der Waals surface area contributed by atoms with Gasteiger partial charge in [0.15, 0.2) is 0 Å². The van der Waals surface area contributed by atoms with Crippen molar-refractivity contribution in [2.45, 2.75) is 25.1 Å². The molecule has 2 rings (SSSR count). The molecule has 1 heterocycles. The molecule has 1 aromatic carbocycles. The third-order valence-electron chi connectivity index (χ3n) is 3.68. The Labute approximate surface area is 120 Å². The van der Waals surface area contributed by atoms with E-state index in [9.17, 15) is 9.90 Å². The van der Waals surface area contributed by atoms with Crippen LogP contribution < -0.4 is 5.73 Å². The Bertz CT molecular complexity index is 476. The van der Waals surface area contributed by atoms with Crippen molar-refractivity contribution >= 4 is 5.91 Å². The molecule has 0 aromatic heterocycles. The lowest BCUT2D eigenvalue weighted by molar-refractivity contribution is 0.1000. The van der Waals surface area contributed by atoms with Crippen molar-refractivity contribution in [2.75, 3.05) is 27.2 Å². The summed E-state index contributed by atoms with van der Waals surface area (Å²) in [7, 11) is 4.08. The molecule has 5 nitrogen and oxygen atoms in total. The number of likely N-dealkylation sites (tertiary alicyclic amines) is 1. The van der Waals surface area contributed by atoms with Gasteiger partial charge >= 0.3 is 0 Å². The number of carbonyl (C=O) groups is 1. The predicted octanol–water partition coefficient (Wildman–Crippen LogP) is 0.282. The van der Waals surface area contributed by atoms with Crippen molar-refractivity contribution in [1.82, 2.24) is 9.80 Å². The number of amides is 1. The van der Waals surface area contributed by atoms with E-state index in [4.69, 9.17) is 5.73 Å². The smallest absolute Gasteiger partial charge is 0.248 e. The number of likely N-dealkylation sites (N-methyl/N-ethyl adjacent to an activating group) is 1. The van der Waals surface area contributed by atoms with Crippen LogP contribution in [0, 0.1) is 0 Å². The molecule has 1 aliphatic rings. The molecular formula is C15H23N3O2. The van der Waals surface area contributed by atoms with Crippen LogP contribution in [0.1, 0.15) is 22.3 Å². The number of nitrogens with zero attached hydrogens (tertiary/aromatic N) is 2. The van der Waals surface area contributed by atoms with Gasteiger partial charge in [-0.15, -0.1) is 0 Å². The number of hydrogen-bond acceptors (Lipinski definition) is 4. The molecule has 2 unspecified atom stereocenters. The van der Waals surface area contributed by atoms with E-state index in [2.05, 4.69) is 9.80 Å². The Balaban J connectivity index is 2.07. The fourth-order valence-electron chi connectivity index (χ4n) is 2.82. The van der Waals surface area contributed by atoms with Gasteiger partial charge in [-0.1, -0.05) is 12.1 Å². The van der Waals surface area contributed by atoms with Crippen LogP contribution in [-0.2, 0) is 6.54 Å². The molecule has 1 fully saturated rings. The third-order valence-corrected chi connectivity index (χ3v) is 3.68. The van der Waals surface area contributed by atoms with E-state index >= 15 is 0 Å². The van der Waals surface area contributed by atoms with Crippen LogP contribution in [0.3, 0.4) is 0 Å². The highest BCUT2D eigenvalue weighted by atomic mass is 16.3. The number of β-amino-alcohol motifs (C(OH)–C–C–N with tert-alkyl or cyclic N) is 1. The molecule has 5 heteroatoms. The number of nitrogens with two attached hydrogens (primary N) is 1. The Morgan fingerprint density at radius 3 is 2.90 bits per heavy atom. The first-order chi connectivity index (χ1) is 9.45. The van der Waals surface area contributed by atoms with Crippen molar-refractivity contribution in [2.24, 2.45) is 5.73 Å². The highest BCUT2D eigenvalue weighted by Crippen LogP contribution is 2.21. The zero-order valence-corrected chi connectivity index (χ0v) is 12.1. The van der Waals surface area contributed by atoms with E-state index in [-0.39, 0.29) is 6.10 Å². The molecule has 0 bridgehead atoms. The van der Waals surface area contributed by atoms with Crippen LogP contribution >= 0.6 is 0 Å². The topological polar surface area (TPSA) is 69.8 Å². The molecule has 1 saturated heterocycles. The largest absolute Gasteiger partial charge is 0.392 e. The van der Waals surface area contributed by atoms with Gasteiger partial charge in [0.25, 0.3) is 0 Å². The first-order valence-corrected chi connectivity index (χ1v) is 6.91. The maximum atomic E-state index is 11.2. The van der Waals surface area contributed by atoms with Crippen LogP contribution in [0.15, 0.2) is 24.3 Å². The Morgan fingerprint density at radius 1 is 1.50 bits per heavy atom. The highest BCUT2D eigenvalue weighted by molar-refractivity contribution is 5.92. The number of aliphatic hydroxyl groups is 1. The summed E-state index contributed by atoms with van der Waals surface area (Å²) in [5.74, 6) is -0.404. The molecule has 1 amide bonds. The van der Waals surface area contributed by atoms with Crippen molar-refractivity contribution in [3.63, 3.8) is 0 Å². The molecule has 0 radical (unpaired) electrons. The van der Waals surface area contributed by atoms with Gasteiger partial charge in [-0.25, -0.2) is 0 Å². The SMILES string of the molecule is CN(C)CC1CC(O)CN1Cc1cccc(C(N)=O)c1. The Kier molecular flexibility index (Phi) is 4.75. The summed E-state index contributed by atoms with van der Waals surface area (Å²) in [6.45, 7) is 2.34. The first-order valence-electron chi connectivity index (χ1n) is 6.91. The van der Waals surface area contributed by atoms with E-state index in [1.165, 1.54) is 0 Å². The van der Waals surface area contributed by atoms with Gasteiger partial charge in [-0.05, 0) is 38.2 Å². The lowest BCUT2D eigenvalue weighted by Gasteiger charge is -2.26. The summed E-state index contributed by atoms with van der Waals surface area (Å²) in [6, 6.07) is 7.74. The fourth-order valence-corrected chi connectivity index (χ4v) is 2.82. The summed E-state index contributed by atoms with van der Waals surface area (Å²) in [5, 5.41) is 9.87. The second-order valence-corrected chi connectivity index (χ2v) is 5.80. The monoisotopic (exact) mass is 277 g/mol. The van der Waals surface area contributed by atoms with Gasteiger partial charge < -0.3 is 15.7 Å². The average Bonchev–Trinajstić information content (AvgIpc) is 2.68. The first kappa shape index (κ1) is 15.0. The van der Waals surface area contributed by atoms with Crippen molar-refractivity contribution < 1.29 is 9.90 Å². The van der Waals surface area contributed by atoms with E-state index in [0.29, 0.717) is 18.2 Å². The van der Waals surface area contributed by atoms with Crippen LogP contribution in [0.5, 0.6) is 0 Å². The average molecular weight is 277 g/mol. The molecule has 0 saturated carbocycles. The summed E-state index contributed by atoms with van der Waals surface area (Å²) in [4.78, 5) is 15.6. The minimum absolute atomic E-state index is 0.265. The van der Waals surface area contributed by atoms with Crippen molar-refractivity contribution in [3.8, 4) is 0 Å². The van der Waals surface area contributed by atoms with Crippen LogP contribution in [0.25, 0.3) is 0 Å². The van der Waals surface area contributed by atoms with Crippen LogP contribution in [0.4, 0.5) is 0 Å². The molecule has 1 aliphatic heterocycles. The standard InChI is InChI=1S/C15H23N3O2/c1-17(2)9-13-7-14(19)10-18(13)8-11-4-3-5-12(6-11)15(16)20/h3-6,13-14,19H,7-10H2,1-2H3,(H2,16,20). The Morgan fingerprint density at radius 2 is 2.25 bits per heavy atom. The van der Waals surface area contributed by atoms with Crippen LogP contribution in [-0.4, -0.2) is 60.1 Å². The molecule has 0 aliphatic carbocycles. The van der Waals surface area contributed by atoms with E-state index in [1.54, 1.807) is 6.07 Å². The van der Waals surface area contributed by atoms with Gasteiger partial charge in [0.05, 0.1) is 6.10 Å². The summed E-state index contributed by atoms with van der Waals surface area (Å²) < 4.78 is 0. The minimum atomic E-state index is -0.404. The molecule has 1 aromatic rings. The lowest BCUT2D eigenvalue weighted by atomic mass is 10.1. The third kappa shape index (κ3) is 3.79. The fraction of sp³-hybridized carbons (Fsp3) is 0.533. The molecule has 0 spiro atoms. The van der Waals surface area contributed by atoms with E-state index in [0.717, 1.165) is 25.1 Å². The molecule has 20 heavy (non-hydrogen) atoms. The van der Waals surface area contributed by atoms with Crippen molar-refractivity contribution in [1.29, 1.82) is 0 Å². The predicted molar refractivity (Wildman–Crippen MR) is 78.3 cm³/mol. The van der Waals surface area contributed by atoms with E-state index in [1.807, 2.05) is 32.3 Å². The highest BCUT2D eigenvalue weighted by Gasteiger charge is 2.30. The maximum Gasteiger partial charge on any atom is 0.248 e. The van der Waals surface area contributed by atoms with Crippen LogP contribution in [0.2, 0.25) is 0 Å². The number of primary amides is 1. The zero-order chi connectivity index (χ0) is 14.7. The lowest BCUT2D eigenvalue weighted by Crippen LogP contribution is -2.37. The van der Waals surface area contributed by atoms with Crippen molar-refractivity contribution in [3.05, 3.63) is 35.4 Å². The van der Waals surface area contributed by atoms with Gasteiger partial charge in [0, 0.05) is 31.2 Å². The van der Waals surface area contributed by atoms with Gasteiger partial charge in [0.1, 0.15) is 0 Å². The van der Waals surface area contributed by atoms with E-state index < -0.39 is 5.91 Å². The quantitative estimate of drug-likeness (QED) is 0.811. The summed E-state index contributed by atoms with van der Waals surface area (Å²) in [5.41, 5.74) is 6.90. The normalized spacial score (nSPS) is 23.4. The second-order valence-electron chi connectivity index (χ2n) is 5.80. The minimum Gasteiger partial charge on any atom is -0.392 e. The van der Waals surface area contributed by atoms with Gasteiger partial charge in [-0.3, -0.25) is 9.69 Å². The number of carbonyl (C=O) groups excluding carboxylic acids is 1. The van der Waals surface area contributed by atoms with Gasteiger partial charge in [0.2, 0.25) is 5.91 Å². The number of hydrogen-bond donors (Lipinski definition) is 2. The zero-order valence-electron chi connectivity index (χ0n) is 12.1. The summed E-state index contributed by atoms with van der Waals surface area (Å²) >= 11 is 0. The summed E-state index contributed by atoms with van der Waals surface area (Å²) in [6.07, 6.45) is 0.535. The number of aliphatic hydroxyl groups excluding tert-OH is 1. The van der Waals surface area contributed by atoms with Gasteiger partial charge in [-0.2, -0.15) is 0 Å².